The van der Waals surface area contributed by atoms with Crippen LogP contribution < -0.4 is 16.4 Å². The summed E-state index contributed by atoms with van der Waals surface area (Å²) in [5, 5.41) is 14.0. The molecule has 0 spiro atoms. The molecule has 3 aromatic rings. The Morgan fingerprint density at radius 3 is 2.50 bits per heavy atom. The number of hydrogen-bond donors (Lipinski definition) is 3. The van der Waals surface area contributed by atoms with E-state index in [1.54, 1.807) is 36.4 Å². The highest BCUT2D eigenvalue weighted by molar-refractivity contribution is 5.85. The Morgan fingerprint density at radius 2 is 1.82 bits per heavy atom. The van der Waals surface area contributed by atoms with Gasteiger partial charge in [0, 0.05) is 6.54 Å². The summed E-state index contributed by atoms with van der Waals surface area (Å²) >= 11 is 0. The van der Waals surface area contributed by atoms with Gasteiger partial charge in [-0.15, -0.1) is 10.2 Å². The number of carbonyl (C=O) groups is 2. The number of carbonyl (C=O) groups excluding carboxylic acids is 2. The lowest BCUT2D eigenvalue weighted by atomic mass is 10.1. The third kappa shape index (κ3) is 7.00. The van der Waals surface area contributed by atoms with Gasteiger partial charge in [-0.05, 0) is 38.5 Å². The zero-order chi connectivity index (χ0) is 23.8. The number of hydrogen-bond acceptors (Lipinski definition) is 7. The molecule has 0 saturated heterocycles. The first-order valence-electron chi connectivity index (χ1n) is 10.7. The van der Waals surface area contributed by atoms with Crippen molar-refractivity contribution >= 4 is 17.6 Å². The fourth-order valence-electron chi connectivity index (χ4n) is 3.10. The number of nitrogens with two attached hydrogens (primary N) is 1. The fraction of sp³-hybridized carbons (Fsp3) is 0.417. The van der Waals surface area contributed by atoms with Crippen molar-refractivity contribution in [3.63, 3.8) is 0 Å². The standard InChI is InChI=1S/C23H30N6O4.CH4/c1-4-25-22(31)33-14-17-11-8-12-19-27-28-20(29(17)19)18(26-21(30)23(2,3)24)15-32-13-16-9-6-5-7-10-16;/h5-12,18H,4,13-15,24H2,1-3H3,(H,25,31)(H,26,30);1H4/t18-;/m1./s1. The van der Waals surface area contributed by atoms with Gasteiger partial charge in [0.1, 0.15) is 12.6 Å². The molecule has 0 unspecified atom stereocenters. The van der Waals surface area contributed by atoms with E-state index in [1.807, 2.05) is 37.3 Å². The van der Waals surface area contributed by atoms with E-state index in [0.29, 0.717) is 30.3 Å². The van der Waals surface area contributed by atoms with E-state index in [9.17, 15) is 9.59 Å². The van der Waals surface area contributed by atoms with Crippen LogP contribution in [0.25, 0.3) is 5.65 Å². The summed E-state index contributed by atoms with van der Waals surface area (Å²) < 4.78 is 12.9. The molecular formula is C24H34N6O4. The molecule has 0 saturated carbocycles. The molecule has 0 bridgehead atoms. The average molecular weight is 471 g/mol. The summed E-state index contributed by atoms with van der Waals surface area (Å²) in [6.45, 7) is 6.02. The van der Waals surface area contributed by atoms with E-state index in [2.05, 4.69) is 20.8 Å². The highest BCUT2D eigenvalue weighted by Gasteiger charge is 2.28. The Kier molecular flexibility index (Phi) is 9.52. The van der Waals surface area contributed by atoms with Crippen LogP contribution in [0.15, 0.2) is 48.5 Å². The Hall–Kier alpha value is -3.50. The lowest BCUT2D eigenvalue weighted by Gasteiger charge is -2.24. The summed E-state index contributed by atoms with van der Waals surface area (Å²) in [7, 11) is 0. The summed E-state index contributed by atoms with van der Waals surface area (Å²) in [5.41, 5.74) is 7.10. The molecule has 0 aliphatic rings. The number of ether oxygens (including phenoxy) is 2. The fourth-order valence-corrected chi connectivity index (χ4v) is 3.10. The van der Waals surface area contributed by atoms with Crippen LogP contribution >= 0.6 is 0 Å². The number of benzene rings is 1. The molecule has 10 nitrogen and oxygen atoms in total. The Balaban J connectivity index is 0.00000408. The van der Waals surface area contributed by atoms with Gasteiger partial charge in [-0.25, -0.2) is 4.79 Å². The maximum Gasteiger partial charge on any atom is 0.407 e. The van der Waals surface area contributed by atoms with E-state index in [-0.39, 0.29) is 26.5 Å². The zero-order valence-corrected chi connectivity index (χ0v) is 19.1. The van der Waals surface area contributed by atoms with Crippen molar-refractivity contribution in [2.24, 2.45) is 5.73 Å². The molecule has 1 atom stereocenters. The predicted molar refractivity (Wildman–Crippen MR) is 129 cm³/mol. The Labute approximate surface area is 199 Å². The van der Waals surface area contributed by atoms with Crippen molar-refractivity contribution in [1.82, 2.24) is 25.2 Å². The Bertz CT molecular complexity index is 1080. The minimum absolute atomic E-state index is 0. The molecule has 10 heteroatoms. The van der Waals surface area contributed by atoms with Gasteiger partial charge in [0.15, 0.2) is 11.5 Å². The molecule has 0 fully saturated rings. The quantitative estimate of drug-likeness (QED) is 0.415. The number of nitrogens with zero attached hydrogens (tertiary/aromatic N) is 3. The van der Waals surface area contributed by atoms with Crippen LogP contribution in [0.2, 0.25) is 0 Å². The van der Waals surface area contributed by atoms with Crippen LogP contribution in [0.5, 0.6) is 0 Å². The van der Waals surface area contributed by atoms with Crippen molar-refractivity contribution in [2.75, 3.05) is 13.2 Å². The second kappa shape index (κ2) is 12.1. The maximum absolute atomic E-state index is 12.7. The highest BCUT2D eigenvalue weighted by atomic mass is 16.5. The summed E-state index contributed by atoms with van der Waals surface area (Å²) in [6.07, 6.45) is -0.523. The SMILES string of the molecule is C.CCNC(=O)OCc1cccc2nnc([C@@H](COCc3ccccc3)NC(=O)C(C)(C)N)n12. The first kappa shape index (κ1) is 26.7. The minimum Gasteiger partial charge on any atom is -0.443 e. The summed E-state index contributed by atoms with van der Waals surface area (Å²) in [5.74, 6) is 0.0920. The first-order chi connectivity index (χ1) is 15.8. The average Bonchev–Trinajstić information content (AvgIpc) is 3.22. The van der Waals surface area contributed by atoms with Gasteiger partial charge in [-0.3, -0.25) is 9.20 Å². The smallest absolute Gasteiger partial charge is 0.407 e. The molecule has 2 amide bonds. The van der Waals surface area contributed by atoms with Crippen molar-refractivity contribution in [2.45, 2.75) is 53.0 Å². The highest BCUT2D eigenvalue weighted by Crippen LogP contribution is 2.18. The van der Waals surface area contributed by atoms with E-state index < -0.39 is 17.7 Å². The number of pyridine rings is 1. The number of rotatable bonds is 10. The normalized spacial score (nSPS) is 12.0. The molecule has 3 rings (SSSR count). The van der Waals surface area contributed by atoms with Crippen LogP contribution in [0, 0.1) is 0 Å². The molecule has 34 heavy (non-hydrogen) atoms. The van der Waals surface area contributed by atoms with E-state index in [1.165, 1.54) is 0 Å². The second-order valence-corrected chi connectivity index (χ2v) is 8.12. The molecule has 184 valence electrons. The van der Waals surface area contributed by atoms with Crippen LogP contribution in [-0.2, 0) is 27.5 Å². The van der Waals surface area contributed by atoms with Gasteiger partial charge in [0.2, 0.25) is 5.91 Å². The second-order valence-electron chi connectivity index (χ2n) is 8.12. The maximum atomic E-state index is 12.7. The van der Waals surface area contributed by atoms with Gasteiger partial charge in [-0.2, -0.15) is 0 Å². The van der Waals surface area contributed by atoms with Gasteiger partial charge in [0.05, 0.1) is 24.4 Å². The summed E-state index contributed by atoms with van der Waals surface area (Å²) in [6, 6.07) is 14.5. The van der Waals surface area contributed by atoms with Gasteiger partial charge in [-0.1, -0.05) is 43.8 Å². The first-order valence-corrected chi connectivity index (χ1v) is 10.7. The predicted octanol–water partition coefficient (Wildman–Crippen LogP) is 2.72. The van der Waals surface area contributed by atoms with Crippen LogP contribution in [0.3, 0.4) is 0 Å². The monoisotopic (exact) mass is 470 g/mol. The lowest BCUT2D eigenvalue weighted by molar-refractivity contribution is -0.126. The lowest BCUT2D eigenvalue weighted by Crippen LogP contribution is -2.51. The molecule has 0 aliphatic carbocycles. The molecule has 4 N–H and O–H groups in total. The van der Waals surface area contributed by atoms with Crippen LogP contribution in [0.1, 0.15) is 51.3 Å². The third-order valence-electron chi connectivity index (χ3n) is 4.80. The molecule has 2 aromatic heterocycles. The minimum atomic E-state index is -1.09. The van der Waals surface area contributed by atoms with Crippen LogP contribution in [-0.4, -0.2) is 45.3 Å². The van der Waals surface area contributed by atoms with E-state index in [4.69, 9.17) is 15.2 Å². The topological polar surface area (TPSA) is 133 Å². The number of alkyl carbamates (subject to hydrolysis) is 1. The molecule has 1 aromatic carbocycles. The zero-order valence-electron chi connectivity index (χ0n) is 19.1. The van der Waals surface area contributed by atoms with E-state index >= 15 is 0 Å². The van der Waals surface area contributed by atoms with Gasteiger partial charge < -0.3 is 25.8 Å². The Morgan fingerprint density at radius 1 is 1.09 bits per heavy atom. The molecule has 0 aliphatic heterocycles. The number of nitrogens with one attached hydrogen (secondary N) is 2. The number of fused-ring (bicyclic) bond motifs is 1. The van der Waals surface area contributed by atoms with Crippen molar-refractivity contribution in [3.8, 4) is 0 Å². The van der Waals surface area contributed by atoms with E-state index in [0.717, 1.165) is 5.56 Å². The largest absolute Gasteiger partial charge is 0.443 e. The van der Waals surface area contributed by atoms with Crippen LogP contribution in [0.4, 0.5) is 4.79 Å². The molecule has 2 heterocycles. The molecular weight excluding hydrogens is 436 g/mol. The third-order valence-corrected chi connectivity index (χ3v) is 4.80. The van der Waals surface area contributed by atoms with Crippen molar-refractivity contribution in [3.05, 3.63) is 65.6 Å². The number of amides is 2. The van der Waals surface area contributed by atoms with Crippen molar-refractivity contribution < 1.29 is 19.1 Å². The van der Waals surface area contributed by atoms with Crippen molar-refractivity contribution in [1.29, 1.82) is 0 Å². The number of aromatic nitrogens is 3. The van der Waals surface area contributed by atoms with Gasteiger partial charge in [0.25, 0.3) is 0 Å². The summed E-state index contributed by atoms with van der Waals surface area (Å²) in [4.78, 5) is 24.5. The van der Waals surface area contributed by atoms with Gasteiger partial charge >= 0.3 is 6.09 Å². The molecule has 0 radical (unpaired) electrons.